The molecule has 40 heavy (non-hydrogen) atoms. The van der Waals surface area contributed by atoms with Crippen LogP contribution in [-0.2, 0) is 41.8 Å². The van der Waals surface area contributed by atoms with Crippen LogP contribution in [-0.4, -0.2) is 17.2 Å². The Labute approximate surface area is 242 Å². The first-order chi connectivity index (χ1) is 17.9. The van der Waals surface area contributed by atoms with Crippen LogP contribution in [0.1, 0.15) is 119 Å². The van der Waals surface area contributed by atoms with E-state index in [1.165, 1.54) is 0 Å². The van der Waals surface area contributed by atoms with Gasteiger partial charge in [0.05, 0.1) is 22.3 Å². The smallest absolute Gasteiger partial charge is 0.316 e. The van der Waals surface area contributed by atoms with Crippen LogP contribution in [0, 0.1) is 0 Å². The Bertz CT molecular complexity index is 1030. The van der Waals surface area contributed by atoms with E-state index in [9.17, 15) is 4.79 Å². The monoisotopic (exact) mass is 556 g/mol. The lowest BCUT2D eigenvalue weighted by Gasteiger charge is -2.33. The minimum absolute atomic E-state index is 0.257. The lowest BCUT2D eigenvalue weighted by molar-refractivity contribution is -0.401. The first-order valence-corrected chi connectivity index (χ1v) is 14.0. The number of urea groups is 1. The van der Waals surface area contributed by atoms with E-state index in [1.807, 2.05) is 145 Å². The van der Waals surface area contributed by atoms with Crippen molar-refractivity contribution in [3.8, 4) is 0 Å². The summed E-state index contributed by atoms with van der Waals surface area (Å²) in [6, 6.07) is 15.8. The fourth-order valence-corrected chi connectivity index (χ4v) is 3.87. The van der Waals surface area contributed by atoms with E-state index in [1.54, 1.807) is 0 Å². The van der Waals surface area contributed by atoms with Crippen molar-refractivity contribution in [3.63, 3.8) is 0 Å². The summed E-state index contributed by atoms with van der Waals surface area (Å²) in [5.74, 6) is 0. The van der Waals surface area contributed by atoms with Gasteiger partial charge >= 0.3 is 6.03 Å². The van der Waals surface area contributed by atoms with Crippen LogP contribution in [0.3, 0.4) is 0 Å². The molecule has 0 heterocycles. The van der Waals surface area contributed by atoms with Crippen LogP contribution in [0.15, 0.2) is 48.5 Å². The van der Waals surface area contributed by atoms with Crippen molar-refractivity contribution < 1.29 is 24.3 Å². The number of carbonyl (C=O) groups excluding carboxylic acids is 1. The summed E-state index contributed by atoms with van der Waals surface area (Å²) in [7, 11) is 0. The number of carbonyl (C=O) groups is 1. The lowest BCUT2D eigenvalue weighted by Crippen LogP contribution is -2.52. The van der Waals surface area contributed by atoms with E-state index in [4.69, 9.17) is 19.6 Å². The van der Waals surface area contributed by atoms with Gasteiger partial charge in [0.15, 0.2) is 0 Å². The average Bonchev–Trinajstić information content (AvgIpc) is 2.80. The molecule has 2 aromatic carbocycles. The number of amides is 2. The van der Waals surface area contributed by atoms with Gasteiger partial charge in [-0.05, 0) is 119 Å². The molecule has 2 aromatic rings. The Balaban J connectivity index is 2.07. The summed E-state index contributed by atoms with van der Waals surface area (Å²) in [5.41, 5.74) is 0.627. The van der Waals surface area contributed by atoms with E-state index in [0.29, 0.717) is 0 Å². The molecule has 0 saturated carbocycles. The molecule has 0 aromatic heterocycles. The molecule has 0 bridgehead atoms. The third-order valence-electron chi connectivity index (χ3n) is 6.46. The minimum atomic E-state index is -0.624. The molecular formula is C33H52N2O5. The first-order valence-electron chi connectivity index (χ1n) is 14.0. The molecule has 0 atom stereocenters. The summed E-state index contributed by atoms with van der Waals surface area (Å²) < 4.78 is 0. The van der Waals surface area contributed by atoms with Crippen molar-refractivity contribution in [1.29, 1.82) is 0 Å². The normalized spacial score (nSPS) is 13.8. The summed E-state index contributed by atoms with van der Waals surface area (Å²) in [4.78, 5) is 35.7. The fraction of sp³-hybridized carbons (Fsp3) is 0.606. The summed E-state index contributed by atoms with van der Waals surface area (Å²) >= 11 is 0. The zero-order valence-electron chi connectivity index (χ0n) is 27.2. The molecule has 0 unspecified atom stereocenters. The molecule has 7 nitrogen and oxygen atoms in total. The van der Waals surface area contributed by atoms with E-state index in [2.05, 4.69) is 10.6 Å². The number of rotatable bonds is 10. The van der Waals surface area contributed by atoms with E-state index in [-0.39, 0.29) is 6.03 Å². The second kappa shape index (κ2) is 11.8. The Hall–Kier alpha value is -2.45. The van der Waals surface area contributed by atoms with Crippen LogP contribution >= 0.6 is 0 Å². The van der Waals surface area contributed by atoms with Crippen LogP contribution in [0.25, 0.3) is 0 Å². The molecule has 0 spiro atoms. The van der Waals surface area contributed by atoms with Gasteiger partial charge in [-0.25, -0.2) is 24.3 Å². The molecular weight excluding hydrogens is 504 g/mol. The maximum absolute atomic E-state index is 13.1. The van der Waals surface area contributed by atoms with Crippen molar-refractivity contribution >= 4 is 6.03 Å². The molecule has 2 rings (SSSR count). The summed E-state index contributed by atoms with van der Waals surface area (Å²) in [6.45, 7) is 27.5. The highest BCUT2D eigenvalue weighted by atomic mass is 17.2. The maximum Gasteiger partial charge on any atom is 0.316 e. The van der Waals surface area contributed by atoms with Crippen molar-refractivity contribution in [1.82, 2.24) is 10.6 Å². The predicted molar refractivity (Wildman–Crippen MR) is 161 cm³/mol. The van der Waals surface area contributed by atoms with Gasteiger partial charge in [0.2, 0.25) is 0 Å². The molecule has 0 aliphatic carbocycles. The van der Waals surface area contributed by atoms with Crippen molar-refractivity contribution in [2.75, 3.05) is 0 Å². The molecule has 0 radical (unpaired) electrons. The lowest BCUT2D eigenvalue weighted by atomic mass is 9.89. The molecule has 0 aliphatic rings. The first kappa shape index (κ1) is 33.8. The van der Waals surface area contributed by atoms with E-state index < -0.39 is 33.5 Å². The van der Waals surface area contributed by atoms with Gasteiger partial charge in [-0.3, -0.25) is 0 Å². The molecule has 0 fully saturated rings. The van der Waals surface area contributed by atoms with Gasteiger partial charge in [-0.2, -0.15) is 0 Å². The zero-order chi connectivity index (χ0) is 30.8. The molecule has 0 aliphatic heterocycles. The minimum Gasteiger partial charge on any atom is -0.329 e. The van der Waals surface area contributed by atoms with Gasteiger partial charge in [0, 0.05) is 0 Å². The standard InChI is InChI=1S/C33H52N2O5/c1-28(2,3)37-39-32(11,12)25-19-15-23(16-20-25)30(7,8)34-27(36)35-31(9,10)24-17-21-26(22-18-24)33(13,14)40-38-29(4,5)6/h15-22H,1-14H3,(H2,34,35,36). The largest absolute Gasteiger partial charge is 0.329 e. The highest BCUT2D eigenvalue weighted by molar-refractivity contribution is 5.76. The van der Waals surface area contributed by atoms with Gasteiger partial charge in [-0.1, -0.05) is 48.5 Å². The predicted octanol–water partition coefficient (Wildman–Crippen LogP) is 8.12. The average molecular weight is 557 g/mol. The van der Waals surface area contributed by atoms with Crippen LogP contribution in [0.4, 0.5) is 4.79 Å². The Kier molecular flexibility index (Phi) is 9.96. The topological polar surface area (TPSA) is 78.1 Å². The number of hydrogen-bond donors (Lipinski definition) is 2. The summed E-state index contributed by atoms with van der Waals surface area (Å²) in [5, 5.41) is 6.25. The number of nitrogens with one attached hydrogen (secondary N) is 2. The van der Waals surface area contributed by atoms with Gasteiger partial charge < -0.3 is 10.6 Å². The Morgan fingerprint density at radius 1 is 0.450 bits per heavy atom. The quantitative estimate of drug-likeness (QED) is 0.228. The number of benzene rings is 2. The van der Waals surface area contributed by atoms with Gasteiger partial charge in [0.25, 0.3) is 0 Å². The second-order valence-corrected chi connectivity index (χ2v) is 14.6. The fourth-order valence-electron chi connectivity index (χ4n) is 3.87. The highest BCUT2D eigenvalue weighted by Gasteiger charge is 2.31. The van der Waals surface area contributed by atoms with E-state index in [0.717, 1.165) is 22.3 Å². The maximum atomic E-state index is 13.1. The third-order valence-corrected chi connectivity index (χ3v) is 6.46. The molecule has 224 valence electrons. The van der Waals surface area contributed by atoms with Crippen LogP contribution < -0.4 is 10.6 Å². The Morgan fingerprint density at radius 2 is 0.700 bits per heavy atom. The van der Waals surface area contributed by atoms with Crippen molar-refractivity contribution in [3.05, 3.63) is 70.8 Å². The third kappa shape index (κ3) is 9.88. The van der Waals surface area contributed by atoms with Crippen LogP contribution in [0.5, 0.6) is 0 Å². The van der Waals surface area contributed by atoms with Gasteiger partial charge in [0.1, 0.15) is 11.2 Å². The van der Waals surface area contributed by atoms with E-state index >= 15 is 0 Å². The molecule has 2 amide bonds. The SMILES string of the molecule is CC(C)(C)OOC(C)(C)c1ccc(C(C)(C)NC(=O)NC(C)(C)c2ccc(C(C)(C)OOC(C)(C)C)cc2)cc1. The number of hydrogen-bond acceptors (Lipinski definition) is 5. The summed E-state index contributed by atoms with van der Waals surface area (Å²) in [6.07, 6.45) is 0. The van der Waals surface area contributed by atoms with Gasteiger partial charge in [-0.15, -0.1) is 0 Å². The van der Waals surface area contributed by atoms with Crippen molar-refractivity contribution in [2.45, 2.75) is 130 Å². The molecule has 7 heteroatoms. The van der Waals surface area contributed by atoms with Crippen molar-refractivity contribution in [2.24, 2.45) is 0 Å². The highest BCUT2D eigenvalue weighted by Crippen LogP contribution is 2.31. The zero-order valence-corrected chi connectivity index (χ0v) is 27.2. The molecule has 2 N–H and O–H groups in total. The molecule has 0 saturated heterocycles. The van der Waals surface area contributed by atoms with Crippen LogP contribution in [0.2, 0.25) is 0 Å². The Morgan fingerprint density at radius 3 is 0.950 bits per heavy atom. The second-order valence-electron chi connectivity index (χ2n) is 14.6.